The minimum Gasteiger partial charge on any atom is -0.282 e. The number of hydrogen-bond donors (Lipinski definition) is 0. The molecule has 8 heteroatoms. The van der Waals surface area contributed by atoms with Crippen LogP contribution in [0.2, 0.25) is 0 Å². The van der Waals surface area contributed by atoms with E-state index in [4.69, 9.17) is 0 Å². The van der Waals surface area contributed by atoms with Crippen molar-refractivity contribution in [2.45, 2.75) is 6.18 Å². The summed E-state index contributed by atoms with van der Waals surface area (Å²) in [7, 11) is 0. The van der Waals surface area contributed by atoms with Crippen LogP contribution in [-0.4, -0.2) is 24.3 Å². The Labute approximate surface area is 139 Å². The van der Waals surface area contributed by atoms with Crippen molar-refractivity contribution in [2.75, 3.05) is 0 Å². The molecule has 0 saturated carbocycles. The summed E-state index contributed by atoms with van der Waals surface area (Å²) >= 11 is 0. The zero-order chi connectivity index (χ0) is 17.4. The van der Waals surface area contributed by atoms with E-state index in [1.54, 1.807) is 18.5 Å². The highest BCUT2D eigenvalue weighted by atomic mass is 19.4. The number of aromatic nitrogens is 5. The second-order valence-corrected chi connectivity index (χ2v) is 5.27. The first-order valence-corrected chi connectivity index (χ1v) is 7.31. The second-order valence-electron chi connectivity index (χ2n) is 5.27. The number of imidazole rings is 1. The van der Waals surface area contributed by atoms with Crippen LogP contribution in [0.5, 0.6) is 0 Å². The molecule has 0 radical (unpaired) electrons. The molecule has 0 aromatic carbocycles. The first-order valence-electron chi connectivity index (χ1n) is 7.31. The van der Waals surface area contributed by atoms with Gasteiger partial charge in [0, 0.05) is 24.2 Å². The Kier molecular flexibility index (Phi) is 3.45. The number of pyridine rings is 2. The van der Waals surface area contributed by atoms with Crippen LogP contribution in [0.1, 0.15) is 5.69 Å². The quantitative estimate of drug-likeness (QED) is 0.555. The van der Waals surface area contributed by atoms with E-state index in [0.717, 1.165) is 17.3 Å². The van der Waals surface area contributed by atoms with Crippen molar-refractivity contribution in [3.63, 3.8) is 0 Å². The van der Waals surface area contributed by atoms with E-state index in [1.165, 1.54) is 16.8 Å². The third kappa shape index (κ3) is 2.82. The number of alkyl halides is 3. The molecule has 0 aliphatic carbocycles. The minimum absolute atomic E-state index is 0.0269. The summed E-state index contributed by atoms with van der Waals surface area (Å²) in [5.41, 5.74) is 1.80. The normalized spacial score (nSPS) is 11.8. The van der Waals surface area contributed by atoms with Gasteiger partial charge in [-0.15, -0.1) is 0 Å². The van der Waals surface area contributed by atoms with Crippen LogP contribution in [0.3, 0.4) is 0 Å². The SMILES string of the molecule is FC(F)(F)c1ccn2c(-c3cccc(-c4ccncc4)n3)cnc2n1. The Morgan fingerprint density at radius 1 is 0.880 bits per heavy atom. The van der Waals surface area contributed by atoms with Gasteiger partial charge in [0.25, 0.3) is 0 Å². The molecule has 4 aromatic rings. The van der Waals surface area contributed by atoms with Crippen LogP contribution in [-0.2, 0) is 6.18 Å². The molecule has 25 heavy (non-hydrogen) atoms. The highest BCUT2D eigenvalue weighted by molar-refractivity contribution is 5.65. The summed E-state index contributed by atoms with van der Waals surface area (Å²) < 4.78 is 39.8. The number of hydrogen-bond acceptors (Lipinski definition) is 4. The fourth-order valence-corrected chi connectivity index (χ4v) is 2.48. The van der Waals surface area contributed by atoms with Crippen molar-refractivity contribution >= 4 is 5.78 Å². The van der Waals surface area contributed by atoms with Crippen molar-refractivity contribution in [2.24, 2.45) is 0 Å². The maximum absolute atomic E-state index is 12.8. The summed E-state index contributed by atoms with van der Waals surface area (Å²) in [6.07, 6.45) is 1.59. The van der Waals surface area contributed by atoms with Crippen molar-refractivity contribution in [1.29, 1.82) is 0 Å². The van der Waals surface area contributed by atoms with Gasteiger partial charge < -0.3 is 0 Å². The lowest BCUT2D eigenvalue weighted by molar-refractivity contribution is -0.141. The van der Waals surface area contributed by atoms with Crippen LogP contribution < -0.4 is 0 Å². The highest BCUT2D eigenvalue weighted by Crippen LogP contribution is 2.29. The molecule has 0 spiro atoms. The average Bonchev–Trinajstić information content (AvgIpc) is 3.05. The van der Waals surface area contributed by atoms with Crippen LogP contribution in [0.25, 0.3) is 28.4 Å². The molecular weight excluding hydrogens is 331 g/mol. The fraction of sp³-hybridized carbons (Fsp3) is 0.0588. The standard InChI is InChI=1S/C17H10F3N5/c18-17(19,20)15-6-9-25-14(10-22-16(25)24-15)13-3-1-2-12(23-13)11-4-7-21-8-5-11/h1-10H. The molecule has 0 unspecified atom stereocenters. The maximum atomic E-state index is 12.8. The first kappa shape index (κ1) is 15.3. The summed E-state index contributed by atoms with van der Waals surface area (Å²) in [5.74, 6) is -0.0269. The zero-order valence-electron chi connectivity index (χ0n) is 12.6. The van der Waals surface area contributed by atoms with E-state index in [0.29, 0.717) is 11.4 Å². The molecule has 4 aromatic heterocycles. The smallest absolute Gasteiger partial charge is 0.282 e. The molecule has 5 nitrogen and oxygen atoms in total. The second kappa shape index (κ2) is 5.66. The average molecular weight is 341 g/mol. The Balaban J connectivity index is 1.80. The van der Waals surface area contributed by atoms with E-state index in [1.807, 2.05) is 24.3 Å². The summed E-state index contributed by atoms with van der Waals surface area (Å²) in [5, 5.41) is 0. The molecule has 0 N–H and O–H groups in total. The molecule has 0 fully saturated rings. The molecular formula is C17H10F3N5. The lowest BCUT2D eigenvalue weighted by Crippen LogP contribution is -2.09. The van der Waals surface area contributed by atoms with Gasteiger partial charge in [-0.25, -0.2) is 15.0 Å². The van der Waals surface area contributed by atoms with Crippen molar-refractivity contribution in [1.82, 2.24) is 24.3 Å². The summed E-state index contributed by atoms with van der Waals surface area (Å²) in [4.78, 5) is 16.1. The van der Waals surface area contributed by atoms with E-state index >= 15 is 0 Å². The van der Waals surface area contributed by atoms with E-state index < -0.39 is 11.9 Å². The fourth-order valence-electron chi connectivity index (χ4n) is 2.48. The Hall–Kier alpha value is -3.29. The maximum Gasteiger partial charge on any atom is 0.433 e. The number of nitrogens with zero attached hydrogens (tertiary/aromatic N) is 5. The molecule has 0 aliphatic rings. The Morgan fingerprint density at radius 3 is 2.40 bits per heavy atom. The van der Waals surface area contributed by atoms with Crippen LogP contribution >= 0.6 is 0 Å². The van der Waals surface area contributed by atoms with Gasteiger partial charge in [-0.05, 0) is 30.3 Å². The Bertz CT molecular complexity index is 1040. The van der Waals surface area contributed by atoms with Gasteiger partial charge in [-0.1, -0.05) is 6.07 Å². The Morgan fingerprint density at radius 2 is 1.64 bits per heavy atom. The third-order valence-electron chi connectivity index (χ3n) is 3.66. The lowest BCUT2D eigenvalue weighted by atomic mass is 10.1. The monoisotopic (exact) mass is 341 g/mol. The number of fused-ring (bicyclic) bond motifs is 1. The van der Waals surface area contributed by atoms with Crippen LogP contribution in [0.4, 0.5) is 13.2 Å². The van der Waals surface area contributed by atoms with Crippen molar-refractivity contribution in [3.05, 3.63) is 66.9 Å². The van der Waals surface area contributed by atoms with Gasteiger partial charge in [0.1, 0.15) is 5.69 Å². The van der Waals surface area contributed by atoms with E-state index in [9.17, 15) is 13.2 Å². The zero-order valence-corrected chi connectivity index (χ0v) is 12.6. The lowest BCUT2D eigenvalue weighted by Gasteiger charge is -2.07. The summed E-state index contributed by atoms with van der Waals surface area (Å²) in [6, 6.07) is 10.0. The number of halogens is 3. The van der Waals surface area contributed by atoms with E-state index in [-0.39, 0.29) is 5.78 Å². The molecule has 124 valence electrons. The van der Waals surface area contributed by atoms with Gasteiger partial charge in [-0.2, -0.15) is 13.2 Å². The predicted molar refractivity (Wildman–Crippen MR) is 84.5 cm³/mol. The van der Waals surface area contributed by atoms with Gasteiger partial charge >= 0.3 is 6.18 Å². The highest BCUT2D eigenvalue weighted by Gasteiger charge is 2.33. The predicted octanol–water partition coefficient (Wildman–Crippen LogP) is 3.87. The van der Waals surface area contributed by atoms with E-state index in [2.05, 4.69) is 19.9 Å². The van der Waals surface area contributed by atoms with Gasteiger partial charge in [0.05, 0.1) is 23.3 Å². The molecule has 0 bridgehead atoms. The topological polar surface area (TPSA) is 56.0 Å². The largest absolute Gasteiger partial charge is 0.433 e. The minimum atomic E-state index is -4.51. The molecule has 0 saturated heterocycles. The van der Waals surface area contributed by atoms with Gasteiger partial charge in [-0.3, -0.25) is 9.38 Å². The number of rotatable bonds is 2. The summed E-state index contributed by atoms with van der Waals surface area (Å²) in [6.45, 7) is 0. The molecule has 4 heterocycles. The first-order chi connectivity index (χ1) is 12.0. The van der Waals surface area contributed by atoms with Crippen LogP contribution in [0, 0.1) is 0 Å². The van der Waals surface area contributed by atoms with Gasteiger partial charge in [0.2, 0.25) is 5.78 Å². The van der Waals surface area contributed by atoms with Crippen molar-refractivity contribution in [3.8, 4) is 22.6 Å². The molecule has 0 aliphatic heterocycles. The molecule has 0 atom stereocenters. The van der Waals surface area contributed by atoms with Crippen LogP contribution in [0.15, 0.2) is 61.2 Å². The molecule has 0 amide bonds. The van der Waals surface area contributed by atoms with Gasteiger partial charge in [0.15, 0.2) is 0 Å². The van der Waals surface area contributed by atoms with Crippen molar-refractivity contribution < 1.29 is 13.2 Å². The molecule has 4 rings (SSSR count). The third-order valence-corrected chi connectivity index (χ3v) is 3.66.